The van der Waals surface area contributed by atoms with Crippen molar-refractivity contribution in [1.29, 1.82) is 0 Å². The van der Waals surface area contributed by atoms with Crippen LogP contribution in [0.1, 0.15) is 16.2 Å². The lowest BCUT2D eigenvalue weighted by atomic mass is 10.3. The summed E-state index contributed by atoms with van der Waals surface area (Å²) >= 11 is 1.35. The van der Waals surface area contributed by atoms with E-state index in [9.17, 15) is 4.79 Å². The van der Waals surface area contributed by atoms with Crippen molar-refractivity contribution in [2.24, 2.45) is 0 Å². The summed E-state index contributed by atoms with van der Waals surface area (Å²) < 4.78 is 0. The molecule has 0 saturated carbocycles. The summed E-state index contributed by atoms with van der Waals surface area (Å²) in [4.78, 5) is 15.5. The molecule has 2 heterocycles. The highest BCUT2D eigenvalue weighted by atomic mass is 32.1. The number of H-pyrrole nitrogens is 1. The largest absolute Gasteiger partial charge is 0.296 e. The van der Waals surface area contributed by atoms with Crippen LogP contribution in [0.25, 0.3) is 0 Å². The van der Waals surface area contributed by atoms with E-state index in [2.05, 4.69) is 25.7 Å². The van der Waals surface area contributed by atoms with Crippen molar-refractivity contribution >= 4 is 22.4 Å². The summed E-state index contributed by atoms with van der Waals surface area (Å²) in [5.74, 6) is -0.300. The molecule has 0 spiro atoms. The maximum Gasteiger partial charge on any atom is 0.279 e. The van der Waals surface area contributed by atoms with Crippen molar-refractivity contribution in [3.8, 4) is 0 Å². The smallest absolute Gasteiger partial charge is 0.279 e. The third-order valence-electron chi connectivity index (χ3n) is 1.59. The zero-order chi connectivity index (χ0) is 9.97. The van der Waals surface area contributed by atoms with E-state index in [4.69, 9.17) is 0 Å². The molecule has 0 aliphatic heterocycles. The maximum absolute atomic E-state index is 11.5. The molecule has 2 rings (SSSR count). The van der Waals surface area contributed by atoms with Crippen LogP contribution < -0.4 is 5.32 Å². The summed E-state index contributed by atoms with van der Waals surface area (Å²) in [6, 6.07) is 0. The first kappa shape index (κ1) is 8.82. The quantitative estimate of drug-likeness (QED) is 0.767. The molecular formula is C7H7N5OS. The lowest BCUT2D eigenvalue weighted by Gasteiger charge is -1.96. The van der Waals surface area contributed by atoms with Crippen LogP contribution in [0.2, 0.25) is 0 Å². The van der Waals surface area contributed by atoms with Gasteiger partial charge in [-0.2, -0.15) is 15.4 Å². The van der Waals surface area contributed by atoms with Crippen LogP contribution in [0.3, 0.4) is 0 Å². The normalized spacial score (nSPS) is 10.1. The minimum absolute atomic E-state index is 0.292. The van der Waals surface area contributed by atoms with Gasteiger partial charge in [0.1, 0.15) is 0 Å². The Bertz CT molecular complexity index is 435. The molecule has 1 amide bonds. The SMILES string of the molecule is Cc1n[nH]nc1C(=O)Nc1nccs1. The number of amides is 1. The van der Waals surface area contributed by atoms with Crippen molar-refractivity contribution in [3.05, 3.63) is 23.0 Å². The van der Waals surface area contributed by atoms with Crippen LogP contribution in [0.5, 0.6) is 0 Å². The predicted molar refractivity (Wildman–Crippen MR) is 51.2 cm³/mol. The number of aromatic amines is 1. The molecule has 2 aromatic heterocycles. The second-order valence-corrected chi connectivity index (χ2v) is 3.44. The summed E-state index contributed by atoms with van der Waals surface area (Å²) in [6.07, 6.45) is 1.62. The van der Waals surface area contributed by atoms with Crippen LogP contribution >= 0.6 is 11.3 Å². The molecule has 6 nitrogen and oxygen atoms in total. The fourth-order valence-electron chi connectivity index (χ4n) is 0.940. The number of thiazole rings is 1. The highest BCUT2D eigenvalue weighted by Gasteiger charge is 2.13. The number of hydrogen-bond donors (Lipinski definition) is 2. The van der Waals surface area contributed by atoms with Gasteiger partial charge in [-0.1, -0.05) is 0 Å². The van der Waals surface area contributed by atoms with E-state index in [0.717, 1.165) is 0 Å². The highest BCUT2D eigenvalue weighted by Crippen LogP contribution is 2.11. The maximum atomic E-state index is 11.5. The third kappa shape index (κ3) is 1.62. The average molecular weight is 209 g/mol. The van der Waals surface area contributed by atoms with E-state index in [1.165, 1.54) is 11.3 Å². The first-order chi connectivity index (χ1) is 6.77. The van der Waals surface area contributed by atoms with Crippen molar-refractivity contribution < 1.29 is 4.79 Å². The van der Waals surface area contributed by atoms with Crippen LogP contribution in [0, 0.1) is 6.92 Å². The number of aromatic nitrogens is 4. The van der Waals surface area contributed by atoms with E-state index in [1.54, 1.807) is 18.5 Å². The second-order valence-electron chi connectivity index (χ2n) is 2.55. The van der Waals surface area contributed by atoms with Gasteiger partial charge >= 0.3 is 0 Å². The van der Waals surface area contributed by atoms with Crippen LogP contribution in [-0.2, 0) is 0 Å². The summed E-state index contributed by atoms with van der Waals surface area (Å²) in [5, 5.41) is 14.8. The number of nitrogens with zero attached hydrogens (tertiary/aromatic N) is 3. The second kappa shape index (κ2) is 3.54. The molecule has 0 saturated heterocycles. The van der Waals surface area contributed by atoms with Gasteiger partial charge in [0.2, 0.25) is 0 Å². The molecule has 14 heavy (non-hydrogen) atoms. The summed E-state index contributed by atoms with van der Waals surface area (Å²) in [6.45, 7) is 1.71. The molecule has 0 aromatic carbocycles. The lowest BCUT2D eigenvalue weighted by molar-refractivity contribution is 0.102. The summed E-state index contributed by atoms with van der Waals surface area (Å²) in [7, 11) is 0. The topological polar surface area (TPSA) is 83.6 Å². The van der Waals surface area contributed by atoms with Gasteiger partial charge in [-0.15, -0.1) is 11.3 Å². The van der Waals surface area contributed by atoms with Crippen molar-refractivity contribution in [2.45, 2.75) is 6.92 Å². The molecule has 0 aliphatic rings. The number of rotatable bonds is 2. The third-order valence-corrected chi connectivity index (χ3v) is 2.28. The van der Waals surface area contributed by atoms with Gasteiger partial charge in [0.25, 0.3) is 5.91 Å². The minimum atomic E-state index is -0.300. The predicted octanol–water partition coefficient (Wildman–Crippen LogP) is 0.822. The number of carbonyl (C=O) groups excluding carboxylic acids is 1. The van der Waals surface area contributed by atoms with Gasteiger partial charge in [0, 0.05) is 11.6 Å². The van der Waals surface area contributed by atoms with E-state index >= 15 is 0 Å². The molecule has 0 bridgehead atoms. The number of anilines is 1. The van der Waals surface area contributed by atoms with Crippen LogP contribution in [0.4, 0.5) is 5.13 Å². The van der Waals surface area contributed by atoms with Gasteiger partial charge in [0.15, 0.2) is 10.8 Å². The molecule has 0 unspecified atom stereocenters. The Hall–Kier alpha value is -1.76. The van der Waals surface area contributed by atoms with Gasteiger partial charge < -0.3 is 0 Å². The number of nitrogens with one attached hydrogen (secondary N) is 2. The summed E-state index contributed by atoms with van der Waals surface area (Å²) in [5.41, 5.74) is 0.860. The Kier molecular flexibility index (Phi) is 2.23. The first-order valence-corrected chi connectivity index (χ1v) is 4.73. The molecule has 72 valence electrons. The standard InChI is InChI=1S/C7H7N5OS/c1-4-5(11-12-10-4)6(13)9-7-8-2-3-14-7/h2-3H,1H3,(H,8,9,13)(H,10,11,12). The minimum Gasteiger partial charge on any atom is -0.296 e. The Morgan fingerprint density at radius 2 is 2.43 bits per heavy atom. The molecule has 2 aromatic rings. The Morgan fingerprint density at radius 1 is 1.57 bits per heavy atom. The van der Waals surface area contributed by atoms with Gasteiger partial charge in [-0.3, -0.25) is 10.1 Å². The lowest BCUT2D eigenvalue weighted by Crippen LogP contribution is -2.13. The van der Waals surface area contributed by atoms with Crippen molar-refractivity contribution in [2.75, 3.05) is 5.32 Å². The highest BCUT2D eigenvalue weighted by molar-refractivity contribution is 7.13. The van der Waals surface area contributed by atoms with E-state index in [-0.39, 0.29) is 5.91 Å². The molecule has 0 fully saturated rings. The molecule has 0 radical (unpaired) electrons. The van der Waals surface area contributed by atoms with Gasteiger partial charge in [-0.05, 0) is 6.92 Å². The zero-order valence-corrected chi connectivity index (χ0v) is 8.13. The number of carbonyl (C=O) groups is 1. The monoisotopic (exact) mass is 209 g/mol. The fraction of sp³-hybridized carbons (Fsp3) is 0.143. The van der Waals surface area contributed by atoms with E-state index < -0.39 is 0 Å². The van der Waals surface area contributed by atoms with E-state index in [0.29, 0.717) is 16.5 Å². The van der Waals surface area contributed by atoms with Gasteiger partial charge in [-0.25, -0.2) is 4.98 Å². The first-order valence-electron chi connectivity index (χ1n) is 3.85. The Labute approximate surface area is 83.4 Å². The van der Waals surface area contributed by atoms with Crippen molar-refractivity contribution in [1.82, 2.24) is 20.4 Å². The van der Waals surface area contributed by atoms with Crippen LogP contribution in [0.15, 0.2) is 11.6 Å². The molecule has 0 atom stereocenters. The molecule has 0 aliphatic carbocycles. The Balaban J connectivity index is 2.14. The van der Waals surface area contributed by atoms with Crippen molar-refractivity contribution in [3.63, 3.8) is 0 Å². The molecule has 7 heteroatoms. The Morgan fingerprint density at radius 3 is 3.00 bits per heavy atom. The zero-order valence-electron chi connectivity index (χ0n) is 7.31. The number of aryl methyl sites for hydroxylation is 1. The van der Waals surface area contributed by atoms with Gasteiger partial charge in [0.05, 0.1) is 5.69 Å². The molecule has 2 N–H and O–H groups in total. The fourth-order valence-corrected chi connectivity index (χ4v) is 1.46. The van der Waals surface area contributed by atoms with Crippen LogP contribution in [-0.4, -0.2) is 26.3 Å². The molecular weight excluding hydrogens is 202 g/mol. The number of hydrogen-bond acceptors (Lipinski definition) is 5. The average Bonchev–Trinajstić information content (AvgIpc) is 2.75. The van der Waals surface area contributed by atoms with E-state index in [1.807, 2.05) is 0 Å².